The number of hydroxylamine groups is 1. The van der Waals surface area contributed by atoms with Crippen molar-refractivity contribution >= 4 is 6.20 Å². The van der Waals surface area contributed by atoms with Gasteiger partial charge in [0.05, 0.1) is 19.4 Å². The lowest BCUT2D eigenvalue weighted by Crippen LogP contribution is -2.16. The van der Waals surface area contributed by atoms with Gasteiger partial charge in [0.25, 0.3) is 0 Å². The standard InChI is InChI=1S/C9H15N3O2/c1-3-12-8-9(6-10-12)7-11-14-5-4-13-2/h3,6,8,11H,1,4-5,7H2,2H3. The van der Waals surface area contributed by atoms with Crippen LogP contribution >= 0.6 is 0 Å². The molecule has 0 saturated carbocycles. The summed E-state index contributed by atoms with van der Waals surface area (Å²) in [6.45, 7) is 5.34. The Labute approximate surface area is 83.3 Å². The lowest BCUT2D eigenvalue weighted by molar-refractivity contribution is 0.00346. The van der Waals surface area contributed by atoms with Crippen LogP contribution in [0.2, 0.25) is 0 Å². The van der Waals surface area contributed by atoms with E-state index in [-0.39, 0.29) is 0 Å². The zero-order valence-electron chi connectivity index (χ0n) is 8.27. The summed E-state index contributed by atoms with van der Waals surface area (Å²) in [5, 5.41) is 4.03. The molecule has 0 atom stereocenters. The Morgan fingerprint density at radius 3 is 3.14 bits per heavy atom. The van der Waals surface area contributed by atoms with Crippen LogP contribution in [-0.4, -0.2) is 30.1 Å². The van der Waals surface area contributed by atoms with Crippen LogP contribution in [0.4, 0.5) is 0 Å². The Balaban J connectivity index is 2.14. The highest BCUT2D eigenvalue weighted by molar-refractivity contribution is 5.17. The molecule has 1 N–H and O–H groups in total. The van der Waals surface area contributed by atoms with Crippen LogP contribution in [-0.2, 0) is 16.1 Å². The number of nitrogens with zero attached hydrogens (tertiary/aromatic N) is 2. The van der Waals surface area contributed by atoms with E-state index in [1.54, 1.807) is 24.2 Å². The largest absolute Gasteiger partial charge is 0.382 e. The van der Waals surface area contributed by atoms with Crippen molar-refractivity contribution < 1.29 is 9.57 Å². The summed E-state index contributed by atoms with van der Waals surface area (Å²) in [6.07, 6.45) is 5.27. The molecule has 0 aliphatic rings. The van der Waals surface area contributed by atoms with Gasteiger partial charge in [0, 0.05) is 31.6 Å². The van der Waals surface area contributed by atoms with Crippen molar-refractivity contribution in [1.82, 2.24) is 15.3 Å². The van der Waals surface area contributed by atoms with E-state index < -0.39 is 0 Å². The fraction of sp³-hybridized carbons (Fsp3) is 0.444. The first-order chi connectivity index (χ1) is 6.86. The first kappa shape index (κ1) is 10.9. The molecule has 0 aromatic carbocycles. The molecule has 1 rings (SSSR count). The van der Waals surface area contributed by atoms with E-state index in [4.69, 9.17) is 9.57 Å². The van der Waals surface area contributed by atoms with Crippen molar-refractivity contribution in [3.63, 3.8) is 0 Å². The summed E-state index contributed by atoms with van der Waals surface area (Å²) in [5.74, 6) is 0. The SMILES string of the molecule is C=Cn1cc(CNOCCOC)cn1. The molecule has 5 nitrogen and oxygen atoms in total. The molecule has 0 aliphatic heterocycles. The molecule has 78 valence electrons. The van der Waals surface area contributed by atoms with Crippen LogP contribution < -0.4 is 5.48 Å². The van der Waals surface area contributed by atoms with Crippen molar-refractivity contribution in [1.29, 1.82) is 0 Å². The second kappa shape index (κ2) is 6.31. The van der Waals surface area contributed by atoms with E-state index in [1.807, 2.05) is 6.20 Å². The minimum absolute atomic E-state index is 0.534. The third-order valence-corrected chi connectivity index (χ3v) is 1.61. The van der Waals surface area contributed by atoms with E-state index in [2.05, 4.69) is 17.2 Å². The predicted octanol–water partition coefficient (Wildman–Crippen LogP) is 0.651. The Kier molecular flexibility index (Phi) is 4.92. The summed E-state index contributed by atoms with van der Waals surface area (Å²) < 4.78 is 6.47. The molecule has 0 unspecified atom stereocenters. The van der Waals surface area contributed by atoms with Gasteiger partial charge in [-0.05, 0) is 0 Å². The highest BCUT2D eigenvalue weighted by atomic mass is 16.7. The molecule has 0 saturated heterocycles. The van der Waals surface area contributed by atoms with Gasteiger partial charge in [-0.1, -0.05) is 6.58 Å². The number of hydrogen-bond donors (Lipinski definition) is 1. The maximum absolute atomic E-state index is 5.08. The summed E-state index contributed by atoms with van der Waals surface area (Å²) in [6, 6.07) is 0. The lowest BCUT2D eigenvalue weighted by atomic mass is 10.4. The summed E-state index contributed by atoms with van der Waals surface area (Å²) in [4.78, 5) is 5.08. The fourth-order valence-corrected chi connectivity index (χ4v) is 0.900. The van der Waals surface area contributed by atoms with Crippen molar-refractivity contribution in [3.05, 3.63) is 24.5 Å². The van der Waals surface area contributed by atoms with Gasteiger partial charge in [0.1, 0.15) is 0 Å². The van der Waals surface area contributed by atoms with Crippen LogP contribution in [0.5, 0.6) is 0 Å². The highest BCUT2D eigenvalue weighted by Crippen LogP contribution is 1.96. The number of aromatic nitrogens is 2. The molecule has 5 heteroatoms. The summed E-state index contributed by atoms with van der Waals surface area (Å²) >= 11 is 0. The van der Waals surface area contributed by atoms with Gasteiger partial charge < -0.3 is 4.74 Å². The zero-order valence-corrected chi connectivity index (χ0v) is 8.27. The van der Waals surface area contributed by atoms with Crippen LogP contribution in [0.25, 0.3) is 6.20 Å². The molecular weight excluding hydrogens is 182 g/mol. The molecule has 14 heavy (non-hydrogen) atoms. The van der Waals surface area contributed by atoms with Crippen molar-refractivity contribution in [3.8, 4) is 0 Å². The average Bonchev–Trinajstić information content (AvgIpc) is 2.65. The first-order valence-electron chi connectivity index (χ1n) is 4.36. The molecule has 1 heterocycles. The Morgan fingerprint density at radius 2 is 2.50 bits per heavy atom. The summed E-state index contributed by atoms with van der Waals surface area (Å²) in [5.41, 5.74) is 3.85. The minimum atomic E-state index is 0.534. The molecule has 0 aliphatic carbocycles. The molecule has 0 amide bonds. The van der Waals surface area contributed by atoms with Gasteiger partial charge in [0.2, 0.25) is 0 Å². The maximum Gasteiger partial charge on any atom is 0.0916 e. The third-order valence-electron chi connectivity index (χ3n) is 1.61. The number of ether oxygens (including phenoxy) is 1. The molecule has 1 aromatic rings. The Morgan fingerprint density at radius 1 is 1.64 bits per heavy atom. The van der Waals surface area contributed by atoms with E-state index in [9.17, 15) is 0 Å². The van der Waals surface area contributed by atoms with Gasteiger partial charge in [-0.25, -0.2) is 4.68 Å². The van der Waals surface area contributed by atoms with Gasteiger partial charge in [-0.2, -0.15) is 10.6 Å². The van der Waals surface area contributed by atoms with Crippen LogP contribution in [0.1, 0.15) is 5.56 Å². The molecular formula is C9H15N3O2. The topological polar surface area (TPSA) is 48.3 Å². The van der Waals surface area contributed by atoms with Gasteiger partial charge in [0.15, 0.2) is 0 Å². The van der Waals surface area contributed by atoms with Crippen molar-refractivity contribution in [2.75, 3.05) is 20.3 Å². The second-order valence-corrected chi connectivity index (χ2v) is 2.67. The number of methoxy groups -OCH3 is 1. The Hall–Kier alpha value is -1.17. The maximum atomic E-state index is 5.08. The van der Waals surface area contributed by atoms with Gasteiger partial charge in [-0.3, -0.25) is 4.84 Å². The smallest absolute Gasteiger partial charge is 0.0916 e. The van der Waals surface area contributed by atoms with Crippen LogP contribution in [0.3, 0.4) is 0 Å². The predicted molar refractivity (Wildman–Crippen MR) is 53.3 cm³/mol. The van der Waals surface area contributed by atoms with Gasteiger partial charge in [-0.15, -0.1) is 0 Å². The minimum Gasteiger partial charge on any atom is -0.382 e. The lowest BCUT2D eigenvalue weighted by Gasteiger charge is -2.02. The fourth-order valence-electron chi connectivity index (χ4n) is 0.900. The van der Waals surface area contributed by atoms with Crippen LogP contribution in [0, 0.1) is 0 Å². The second-order valence-electron chi connectivity index (χ2n) is 2.67. The molecule has 0 radical (unpaired) electrons. The van der Waals surface area contributed by atoms with Crippen molar-refractivity contribution in [2.24, 2.45) is 0 Å². The normalized spacial score (nSPS) is 10.4. The summed E-state index contributed by atoms with van der Waals surface area (Å²) in [7, 11) is 1.64. The van der Waals surface area contributed by atoms with E-state index >= 15 is 0 Å². The number of nitrogens with one attached hydrogen (secondary N) is 1. The number of rotatable bonds is 7. The van der Waals surface area contributed by atoms with E-state index in [0.29, 0.717) is 19.8 Å². The van der Waals surface area contributed by atoms with E-state index in [0.717, 1.165) is 5.56 Å². The highest BCUT2D eigenvalue weighted by Gasteiger charge is 1.95. The van der Waals surface area contributed by atoms with E-state index in [1.165, 1.54) is 0 Å². The van der Waals surface area contributed by atoms with Gasteiger partial charge >= 0.3 is 0 Å². The Bertz CT molecular complexity index is 273. The monoisotopic (exact) mass is 197 g/mol. The van der Waals surface area contributed by atoms with Crippen molar-refractivity contribution in [2.45, 2.75) is 6.54 Å². The molecule has 0 bridgehead atoms. The zero-order chi connectivity index (χ0) is 10.2. The van der Waals surface area contributed by atoms with Crippen LogP contribution in [0.15, 0.2) is 19.0 Å². The molecule has 0 spiro atoms. The number of hydrogen-bond acceptors (Lipinski definition) is 4. The third kappa shape index (κ3) is 3.69. The molecule has 0 fully saturated rings. The molecule has 1 aromatic heterocycles. The average molecular weight is 197 g/mol. The quantitative estimate of drug-likeness (QED) is 0.515. The first-order valence-corrected chi connectivity index (χ1v) is 4.36.